The van der Waals surface area contributed by atoms with Crippen LogP contribution in [0.15, 0.2) is 48.9 Å². The zero-order chi connectivity index (χ0) is 25.1. The van der Waals surface area contributed by atoms with Gasteiger partial charge < -0.3 is 14.8 Å². The lowest BCUT2D eigenvalue weighted by Crippen LogP contribution is -2.25. The summed E-state index contributed by atoms with van der Waals surface area (Å²) < 4.78 is 13.0. The molecule has 0 spiro atoms. The quantitative estimate of drug-likeness (QED) is 0.255. The van der Waals surface area contributed by atoms with E-state index in [1.54, 1.807) is 10.7 Å². The molecule has 0 saturated carbocycles. The van der Waals surface area contributed by atoms with Crippen LogP contribution in [0.1, 0.15) is 12.8 Å². The molecule has 11 nitrogen and oxygen atoms in total. The molecule has 0 bridgehead atoms. The molecule has 5 rings (SSSR count). The Balaban J connectivity index is 1.42. The Morgan fingerprint density at radius 1 is 1.19 bits per heavy atom. The summed E-state index contributed by atoms with van der Waals surface area (Å²) in [7, 11) is 1.48. The van der Waals surface area contributed by atoms with Gasteiger partial charge in [0.2, 0.25) is 11.7 Å². The molecule has 1 N–H and O–H groups in total. The lowest BCUT2D eigenvalue weighted by Gasteiger charge is -2.16. The number of fused-ring (bicyclic) bond motifs is 1. The molecular weight excluding hydrogens is 486 g/mol. The fourth-order valence-corrected chi connectivity index (χ4v) is 4.41. The summed E-state index contributed by atoms with van der Waals surface area (Å²) in [5, 5.41) is 19.5. The van der Waals surface area contributed by atoms with Crippen molar-refractivity contribution in [2.45, 2.75) is 12.8 Å². The Morgan fingerprint density at radius 2 is 2.03 bits per heavy atom. The summed E-state index contributed by atoms with van der Waals surface area (Å²) in [5.74, 6) is 0.693. The lowest BCUT2D eigenvalue weighted by molar-refractivity contribution is -0.385. The molecule has 1 aliphatic rings. The number of hydrogen-bond acceptors (Lipinski definition) is 9. The molecule has 12 heteroatoms. The molecule has 0 radical (unpaired) electrons. The first-order valence-corrected chi connectivity index (χ1v) is 11.8. The number of ether oxygens (including phenoxy) is 2. The number of halogens is 1. The summed E-state index contributed by atoms with van der Waals surface area (Å²) in [6.07, 6.45) is 7.30. The molecule has 0 aliphatic carbocycles. The van der Waals surface area contributed by atoms with Gasteiger partial charge in [0, 0.05) is 30.4 Å². The average Bonchev–Trinajstić information content (AvgIpc) is 3.55. The third-order valence-corrected chi connectivity index (χ3v) is 6.29. The van der Waals surface area contributed by atoms with Gasteiger partial charge in [0.15, 0.2) is 0 Å². The summed E-state index contributed by atoms with van der Waals surface area (Å²) in [6, 6.07) is 8.54. The maximum absolute atomic E-state index is 11.8. The van der Waals surface area contributed by atoms with Gasteiger partial charge in [-0.1, -0.05) is 17.7 Å². The first-order chi connectivity index (χ1) is 17.5. The summed E-state index contributed by atoms with van der Waals surface area (Å²) in [5.41, 5.74) is 2.17. The van der Waals surface area contributed by atoms with Crippen LogP contribution in [0.3, 0.4) is 0 Å². The zero-order valence-electron chi connectivity index (χ0n) is 19.6. The average molecular weight is 510 g/mol. The molecule has 3 aromatic heterocycles. The van der Waals surface area contributed by atoms with Crippen LogP contribution in [0, 0.1) is 10.1 Å². The number of nitrogens with one attached hydrogen (secondary N) is 1. The van der Waals surface area contributed by atoms with Crippen LogP contribution < -0.4 is 14.8 Å². The number of nitrogens with zero attached hydrogens (tertiary/aromatic N) is 6. The van der Waals surface area contributed by atoms with E-state index in [9.17, 15) is 10.1 Å². The highest BCUT2D eigenvalue weighted by Crippen LogP contribution is 2.39. The van der Waals surface area contributed by atoms with Gasteiger partial charge in [-0.3, -0.25) is 15.0 Å². The topological polar surface area (TPSA) is 120 Å². The van der Waals surface area contributed by atoms with Gasteiger partial charge in [0.05, 0.1) is 46.3 Å². The molecule has 4 heterocycles. The third-order valence-electron chi connectivity index (χ3n) is 6.01. The summed E-state index contributed by atoms with van der Waals surface area (Å²) >= 11 is 6.41. The van der Waals surface area contributed by atoms with Crippen molar-refractivity contribution in [2.75, 3.05) is 38.7 Å². The highest BCUT2D eigenvalue weighted by molar-refractivity contribution is 6.33. The molecule has 186 valence electrons. The SMILES string of the molecule is COc1cc(OCCN2CCCC2)c([N+](=O)[O-])cc1Nc1ncc(Cl)c(-c2cnn3ccccc23)n1. The largest absolute Gasteiger partial charge is 0.494 e. The van der Waals surface area contributed by atoms with Crippen LogP contribution in [0.4, 0.5) is 17.3 Å². The Kier molecular flexibility index (Phi) is 6.83. The van der Waals surface area contributed by atoms with Gasteiger partial charge in [-0.2, -0.15) is 5.10 Å². The molecule has 0 unspecified atom stereocenters. The number of methoxy groups -OCH3 is 1. The maximum Gasteiger partial charge on any atom is 0.313 e. The number of benzene rings is 1. The number of anilines is 2. The standard InChI is InChI=1S/C24H24ClN7O4/c1-35-21-13-22(36-11-10-30-7-4-5-8-30)20(32(33)34)12-18(21)28-24-26-15-17(25)23(29-24)16-14-27-31-9-3-2-6-19(16)31/h2-3,6,9,12-15H,4-5,7-8,10-11H2,1H3,(H,26,28,29). The van der Waals surface area contributed by atoms with E-state index in [2.05, 4.69) is 25.3 Å². The van der Waals surface area contributed by atoms with Gasteiger partial charge in [-0.05, 0) is 38.1 Å². The molecule has 1 aliphatic heterocycles. The van der Waals surface area contributed by atoms with Crippen LogP contribution in [0.2, 0.25) is 5.02 Å². The second-order valence-corrected chi connectivity index (χ2v) is 8.69. The van der Waals surface area contributed by atoms with Gasteiger partial charge in [-0.15, -0.1) is 0 Å². The third kappa shape index (κ3) is 4.88. The molecule has 36 heavy (non-hydrogen) atoms. The van der Waals surface area contributed by atoms with Crippen molar-refractivity contribution in [1.82, 2.24) is 24.5 Å². The highest BCUT2D eigenvalue weighted by Gasteiger charge is 2.22. The second-order valence-electron chi connectivity index (χ2n) is 8.28. The number of rotatable bonds is 9. The van der Waals surface area contributed by atoms with Gasteiger partial charge in [-0.25, -0.2) is 14.5 Å². The van der Waals surface area contributed by atoms with Crippen LogP contribution >= 0.6 is 11.6 Å². The minimum absolute atomic E-state index is 0.144. The monoisotopic (exact) mass is 509 g/mol. The van der Waals surface area contributed by atoms with Crippen LogP contribution in [0.25, 0.3) is 16.8 Å². The predicted octanol–water partition coefficient (Wildman–Crippen LogP) is 4.58. The van der Waals surface area contributed by atoms with E-state index < -0.39 is 4.92 Å². The van der Waals surface area contributed by atoms with Gasteiger partial charge in [0.1, 0.15) is 12.4 Å². The number of likely N-dealkylation sites (tertiary alicyclic amines) is 1. The molecular formula is C24H24ClN7O4. The van der Waals surface area contributed by atoms with Gasteiger partial charge >= 0.3 is 5.69 Å². The summed E-state index contributed by atoms with van der Waals surface area (Å²) in [6.45, 7) is 3.11. The Labute approximate surface area is 211 Å². The molecule has 0 amide bonds. The highest BCUT2D eigenvalue weighted by atomic mass is 35.5. The van der Waals surface area contributed by atoms with Crippen molar-refractivity contribution < 1.29 is 14.4 Å². The van der Waals surface area contributed by atoms with Crippen molar-refractivity contribution >= 4 is 34.4 Å². The van der Waals surface area contributed by atoms with Crippen molar-refractivity contribution in [1.29, 1.82) is 0 Å². The Hall–Kier alpha value is -3.96. The number of hydrogen-bond donors (Lipinski definition) is 1. The van der Waals surface area contributed by atoms with Crippen molar-refractivity contribution in [3.8, 4) is 22.8 Å². The predicted molar refractivity (Wildman–Crippen MR) is 135 cm³/mol. The van der Waals surface area contributed by atoms with Gasteiger partial charge in [0.25, 0.3) is 0 Å². The zero-order valence-corrected chi connectivity index (χ0v) is 20.3. The van der Waals surface area contributed by atoms with Crippen molar-refractivity contribution in [3.05, 3.63) is 64.1 Å². The number of pyridine rings is 1. The molecule has 0 atom stereocenters. The number of nitro benzene ring substituents is 1. The molecule has 1 saturated heterocycles. The second kappa shape index (κ2) is 10.3. The molecule has 1 fully saturated rings. The fourth-order valence-electron chi connectivity index (χ4n) is 4.22. The van der Waals surface area contributed by atoms with Crippen LogP contribution in [-0.4, -0.2) is 62.8 Å². The van der Waals surface area contributed by atoms with E-state index in [4.69, 9.17) is 21.1 Å². The first-order valence-electron chi connectivity index (χ1n) is 11.5. The summed E-state index contributed by atoms with van der Waals surface area (Å²) in [4.78, 5) is 22.4. The lowest BCUT2D eigenvalue weighted by atomic mass is 10.2. The van der Waals surface area contributed by atoms with E-state index >= 15 is 0 Å². The van der Waals surface area contributed by atoms with E-state index in [0.717, 1.165) is 24.2 Å². The molecule has 1 aromatic carbocycles. The van der Waals surface area contributed by atoms with Crippen molar-refractivity contribution in [3.63, 3.8) is 0 Å². The number of nitro groups is 1. The Bertz CT molecular complexity index is 1400. The van der Waals surface area contributed by atoms with Crippen molar-refractivity contribution in [2.24, 2.45) is 0 Å². The smallest absolute Gasteiger partial charge is 0.313 e. The Morgan fingerprint density at radius 3 is 2.81 bits per heavy atom. The minimum Gasteiger partial charge on any atom is -0.494 e. The van der Waals surface area contributed by atoms with E-state index in [0.29, 0.717) is 35.3 Å². The van der Waals surface area contributed by atoms with E-state index in [1.807, 2.05) is 24.4 Å². The molecule has 4 aromatic rings. The van der Waals surface area contributed by atoms with Crippen LogP contribution in [0.5, 0.6) is 11.5 Å². The van der Waals surface area contributed by atoms with E-state index in [1.165, 1.54) is 38.3 Å². The normalized spacial score (nSPS) is 13.7. The first kappa shape index (κ1) is 23.8. The van der Waals surface area contributed by atoms with E-state index in [-0.39, 0.29) is 17.4 Å². The maximum atomic E-state index is 11.8. The number of aromatic nitrogens is 4. The van der Waals surface area contributed by atoms with Crippen LogP contribution in [-0.2, 0) is 0 Å². The fraction of sp³-hybridized carbons (Fsp3) is 0.292. The minimum atomic E-state index is -0.483.